The van der Waals surface area contributed by atoms with Crippen LogP contribution < -0.4 is 20.1 Å². The van der Waals surface area contributed by atoms with Crippen LogP contribution in [0.1, 0.15) is 5.56 Å². The van der Waals surface area contributed by atoms with Crippen molar-refractivity contribution in [3.8, 4) is 11.5 Å². The molecule has 0 aromatic heterocycles. The predicted molar refractivity (Wildman–Crippen MR) is 94.5 cm³/mol. The van der Waals surface area contributed by atoms with Gasteiger partial charge in [-0.2, -0.15) is 8.78 Å². The van der Waals surface area contributed by atoms with Crippen LogP contribution in [0.15, 0.2) is 54.6 Å². The summed E-state index contributed by atoms with van der Waals surface area (Å²) in [7, 11) is 0. The third kappa shape index (κ3) is 4.41. The van der Waals surface area contributed by atoms with Crippen molar-refractivity contribution in [1.29, 1.82) is 0 Å². The second-order valence-electron chi connectivity index (χ2n) is 5.71. The van der Waals surface area contributed by atoms with Crippen LogP contribution in [-0.2, 0) is 9.59 Å². The van der Waals surface area contributed by atoms with Crippen LogP contribution in [0.3, 0.4) is 0 Å². The Balaban J connectivity index is 1.76. The number of nitrogens with two attached hydrogens (primary N) is 1. The molecule has 2 N–H and O–H groups in total. The number of rotatable bonds is 5. The molecule has 0 saturated carbocycles. The highest BCUT2D eigenvalue weighted by Gasteiger charge is 2.31. The number of para-hydroxylation sites is 2. The Morgan fingerprint density at radius 1 is 1.19 bits per heavy atom. The molecule has 2 aromatic rings. The van der Waals surface area contributed by atoms with Gasteiger partial charge < -0.3 is 20.1 Å². The van der Waals surface area contributed by atoms with Crippen LogP contribution in [0.5, 0.6) is 11.5 Å². The minimum Gasteiger partial charge on any atom is -0.477 e. The molecule has 1 aliphatic rings. The highest BCUT2D eigenvalue weighted by Crippen LogP contribution is 2.33. The fourth-order valence-corrected chi connectivity index (χ4v) is 2.61. The van der Waals surface area contributed by atoms with Gasteiger partial charge in [0.15, 0.2) is 6.10 Å². The van der Waals surface area contributed by atoms with Gasteiger partial charge in [-0.15, -0.1) is 0 Å². The molecular formula is C19H16F2N2O4. The number of primary amides is 1. The maximum Gasteiger partial charge on any atom is 0.387 e. The van der Waals surface area contributed by atoms with Gasteiger partial charge in [0.2, 0.25) is 0 Å². The summed E-state index contributed by atoms with van der Waals surface area (Å²) in [5.41, 5.74) is 6.47. The normalized spacial score (nSPS) is 16.1. The first-order valence-corrected chi connectivity index (χ1v) is 8.03. The Hall–Kier alpha value is -3.42. The molecule has 140 valence electrons. The number of hydrogen-bond acceptors (Lipinski definition) is 4. The van der Waals surface area contributed by atoms with Crippen molar-refractivity contribution in [3.05, 3.63) is 60.2 Å². The predicted octanol–water partition coefficient (Wildman–Crippen LogP) is 2.58. The van der Waals surface area contributed by atoms with E-state index in [-0.39, 0.29) is 18.2 Å². The number of halogens is 2. The van der Waals surface area contributed by atoms with Crippen LogP contribution in [-0.4, -0.2) is 31.1 Å². The van der Waals surface area contributed by atoms with Gasteiger partial charge in [-0.25, -0.2) is 0 Å². The minimum absolute atomic E-state index is 0.00329. The summed E-state index contributed by atoms with van der Waals surface area (Å²) in [6.45, 7) is -2.90. The van der Waals surface area contributed by atoms with Gasteiger partial charge >= 0.3 is 6.61 Å². The number of nitrogens with zero attached hydrogens (tertiary/aromatic N) is 1. The molecule has 0 radical (unpaired) electrons. The number of hydrogen-bond donors (Lipinski definition) is 1. The van der Waals surface area contributed by atoms with Crippen LogP contribution >= 0.6 is 0 Å². The second-order valence-corrected chi connectivity index (χ2v) is 5.71. The average molecular weight is 374 g/mol. The zero-order valence-corrected chi connectivity index (χ0v) is 14.0. The number of benzene rings is 2. The molecule has 27 heavy (non-hydrogen) atoms. The number of carbonyl (C=O) groups excluding carboxylic acids is 2. The Kier molecular flexibility index (Phi) is 5.35. The lowest BCUT2D eigenvalue weighted by molar-refractivity contribution is -0.125. The van der Waals surface area contributed by atoms with Crippen molar-refractivity contribution >= 4 is 23.6 Å². The van der Waals surface area contributed by atoms with Crippen molar-refractivity contribution in [3.63, 3.8) is 0 Å². The van der Waals surface area contributed by atoms with E-state index in [0.29, 0.717) is 17.0 Å². The number of carbonyl (C=O) groups is 2. The Morgan fingerprint density at radius 3 is 2.56 bits per heavy atom. The molecule has 1 heterocycles. The zero-order valence-electron chi connectivity index (χ0n) is 14.0. The smallest absolute Gasteiger partial charge is 0.387 e. The molecule has 1 unspecified atom stereocenters. The van der Waals surface area contributed by atoms with Crippen molar-refractivity contribution in [1.82, 2.24) is 0 Å². The van der Waals surface area contributed by atoms with Crippen LogP contribution in [0.25, 0.3) is 6.08 Å². The summed E-state index contributed by atoms with van der Waals surface area (Å²) in [4.78, 5) is 25.5. The summed E-state index contributed by atoms with van der Waals surface area (Å²) in [6, 6.07) is 12.7. The SMILES string of the molecule is NC(=O)C1CN(C(=O)C=Cc2ccc(OC(F)F)cc2)c2ccccc2O1. The molecule has 0 bridgehead atoms. The van der Waals surface area contributed by atoms with Gasteiger partial charge in [0.1, 0.15) is 11.5 Å². The lowest BCUT2D eigenvalue weighted by Crippen LogP contribution is -2.49. The Bertz CT molecular complexity index is 868. The summed E-state index contributed by atoms with van der Waals surface area (Å²) >= 11 is 0. The average Bonchev–Trinajstić information content (AvgIpc) is 2.65. The van der Waals surface area contributed by atoms with Crippen LogP contribution in [0.4, 0.5) is 14.5 Å². The minimum atomic E-state index is -2.90. The van der Waals surface area contributed by atoms with Gasteiger partial charge in [0.05, 0.1) is 12.2 Å². The van der Waals surface area contributed by atoms with E-state index in [0.717, 1.165) is 0 Å². The summed E-state index contributed by atoms with van der Waals surface area (Å²) in [5, 5.41) is 0. The molecule has 3 rings (SSSR count). The fraction of sp³-hybridized carbons (Fsp3) is 0.158. The Labute approximate surface area is 153 Å². The fourth-order valence-electron chi connectivity index (χ4n) is 2.61. The van der Waals surface area contributed by atoms with Gasteiger partial charge in [0.25, 0.3) is 11.8 Å². The third-order valence-electron chi connectivity index (χ3n) is 3.88. The van der Waals surface area contributed by atoms with Crippen molar-refractivity contribution in [2.24, 2.45) is 5.73 Å². The molecule has 8 heteroatoms. The largest absolute Gasteiger partial charge is 0.477 e. The van der Waals surface area contributed by atoms with E-state index in [1.807, 2.05) is 0 Å². The van der Waals surface area contributed by atoms with Gasteiger partial charge in [-0.05, 0) is 35.9 Å². The molecule has 1 aliphatic heterocycles. The Morgan fingerprint density at radius 2 is 1.89 bits per heavy atom. The molecule has 0 saturated heterocycles. The summed E-state index contributed by atoms with van der Waals surface area (Å²) in [5.74, 6) is -0.617. The van der Waals surface area contributed by atoms with E-state index >= 15 is 0 Å². The molecule has 6 nitrogen and oxygen atoms in total. The summed E-state index contributed by atoms with van der Waals surface area (Å²) in [6.07, 6.45) is 1.91. The zero-order chi connectivity index (χ0) is 19.4. The van der Waals surface area contributed by atoms with Crippen molar-refractivity contribution < 1.29 is 27.8 Å². The topological polar surface area (TPSA) is 81.9 Å². The van der Waals surface area contributed by atoms with Gasteiger partial charge in [-0.1, -0.05) is 24.3 Å². The maximum atomic E-state index is 12.6. The van der Waals surface area contributed by atoms with Crippen molar-refractivity contribution in [2.75, 3.05) is 11.4 Å². The monoisotopic (exact) mass is 374 g/mol. The lowest BCUT2D eigenvalue weighted by atomic mass is 10.1. The van der Waals surface area contributed by atoms with Crippen LogP contribution in [0.2, 0.25) is 0 Å². The second kappa shape index (κ2) is 7.86. The first-order chi connectivity index (χ1) is 12.9. The number of amides is 2. The van der Waals surface area contributed by atoms with E-state index in [2.05, 4.69) is 4.74 Å². The van der Waals surface area contributed by atoms with E-state index < -0.39 is 18.6 Å². The first-order valence-electron chi connectivity index (χ1n) is 8.03. The molecule has 0 spiro atoms. The van der Waals surface area contributed by atoms with E-state index in [1.165, 1.54) is 29.2 Å². The molecule has 2 amide bonds. The number of alkyl halides is 2. The van der Waals surface area contributed by atoms with Crippen molar-refractivity contribution in [2.45, 2.75) is 12.7 Å². The standard InChI is InChI=1S/C19H16F2N2O4/c20-19(21)26-13-8-5-12(6-9-13)7-10-17(24)23-11-16(18(22)25)27-15-4-2-1-3-14(15)23/h1-10,16,19H,11H2,(H2,22,25). The molecule has 2 aromatic carbocycles. The first kappa shape index (κ1) is 18.4. The van der Waals surface area contributed by atoms with Gasteiger partial charge in [0, 0.05) is 6.08 Å². The highest BCUT2D eigenvalue weighted by molar-refractivity contribution is 6.05. The molecule has 1 atom stereocenters. The quantitative estimate of drug-likeness (QED) is 0.816. The number of ether oxygens (including phenoxy) is 2. The van der Waals surface area contributed by atoms with Crippen LogP contribution in [0, 0.1) is 0 Å². The molecule has 0 fully saturated rings. The van der Waals surface area contributed by atoms with Gasteiger partial charge in [-0.3, -0.25) is 9.59 Å². The van der Waals surface area contributed by atoms with E-state index in [1.54, 1.807) is 36.4 Å². The third-order valence-corrected chi connectivity index (χ3v) is 3.88. The number of anilines is 1. The summed E-state index contributed by atoms with van der Waals surface area (Å²) < 4.78 is 34.1. The highest BCUT2D eigenvalue weighted by atomic mass is 19.3. The molecular weight excluding hydrogens is 358 g/mol. The lowest BCUT2D eigenvalue weighted by Gasteiger charge is -2.32. The van der Waals surface area contributed by atoms with E-state index in [9.17, 15) is 18.4 Å². The molecule has 0 aliphatic carbocycles. The maximum absolute atomic E-state index is 12.6. The van der Waals surface area contributed by atoms with E-state index in [4.69, 9.17) is 10.5 Å². The number of fused-ring (bicyclic) bond motifs is 1.